The van der Waals surface area contributed by atoms with Gasteiger partial charge in [0.2, 0.25) is 0 Å². The molecular weight excluding hydrogens is 315 g/mol. The molecule has 0 aliphatic rings. The molecule has 4 nitrogen and oxygen atoms in total. The summed E-state index contributed by atoms with van der Waals surface area (Å²) in [5.74, 6) is -1.71. The second-order valence-electron chi connectivity index (χ2n) is 5.05. The van der Waals surface area contributed by atoms with Gasteiger partial charge in [-0.1, -0.05) is 32.4 Å². The number of halogens is 1. The number of nitrogens with one attached hydrogen (secondary N) is 2. The molecule has 6 heteroatoms. The lowest BCUT2D eigenvalue weighted by Gasteiger charge is -2.06. The molecular formula is C17H19FN2O2S. The summed E-state index contributed by atoms with van der Waals surface area (Å²) in [6, 6.07) is 7.46. The molecule has 0 spiro atoms. The van der Waals surface area contributed by atoms with E-state index in [1.807, 2.05) is 13.0 Å². The predicted octanol–water partition coefficient (Wildman–Crippen LogP) is 3.48. The van der Waals surface area contributed by atoms with Crippen molar-refractivity contribution in [3.05, 3.63) is 57.0 Å². The van der Waals surface area contributed by atoms with Crippen molar-refractivity contribution in [2.75, 3.05) is 0 Å². The number of thiophene rings is 1. The third kappa shape index (κ3) is 4.16. The molecule has 2 rings (SSSR count). The van der Waals surface area contributed by atoms with E-state index < -0.39 is 17.6 Å². The van der Waals surface area contributed by atoms with E-state index in [1.54, 1.807) is 6.07 Å². The van der Waals surface area contributed by atoms with E-state index in [-0.39, 0.29) is 5.56 Å². The van der Waals surface area contributed by atoms with E-state index in [2.05, 4.69) is 17.8 Å². The molecule has 0 aliphatic heterocycles. The number of hydrogen-bond acceptors (Lipinski definition) is 3. The standard InChI is InChI=1S/C17H19FN2O2S/c1-3-7-14-11(4-2)10-15(23-14)17(22)20-19-16(21)12-8-5-6-9-13(12)18/h5-6,8-10H,3-4,7H2,1-2H3,(H,19,21)(H,20,22). The van der Waals surface area contributed by atoms with Gasteiger partial charge in [0.25, 0.3) is 11.8 Å². The maximum atomic E-state index is 13.5. The van der Waals surface area contributed by atoms with Crippen LogP contribution in [-0.4, -0.2) is 11.8 Å². The Morgan fingerprint density at radius 1 is 1.13 bits per heavy atom. The molecule has 0 atom stereocenters. The Labute approximate surface area is 138 Å². The minimum atomic E-state index is -0.683. The molecule has 1 aromatic heterocycles. The summed E-state index contributed by atoms with van der Waals surface area (Å²) in [4.78, 5) is 25.7. The second-order valence-corrected chi connectivity index (χ2v) is 6.19. The zero-order valence-electron chi connectivity index (χ0n) is 13.1. The Balaban J connectivity index is 2.02. The Morgan fingerprint density at radius 3 is 2.48 bits per heavy atom. The molecule has 0 saturated carbocycles. The molecule has 1 aromatic carbocycles. The van der Waals surface area contributed by atoms with Crippen LogP contribution in [-0.2, 0) is 12.8 Å². The molecule has 1 heterocycles. The number of amides is 2. The number of hydrogen-bond donors (Lipinski definition) is 2. The summed E-state index contributed by atoms with van der Waals surface area (Å²) in [6.07, 6.45) is 2.81. The predicted molar refractivity (Wildman–Crippen MR) is 89.0 cm³/mol. The maximum absolute atomic E-state index is 13.5. The lowest BCUT2D eigenvalue weighted by atomic mass is 10.1. The Kier molecular flexibility index (Phi) is 5.87. The lowest BCUT2D eigenvalue weighted by molar-refractivity contribution is 0.0846. The number of aryl methyl sites for hydroxylation is 2. The van der Waals surface area contributed by atoms with Crippen molar-refractivity contribution in [3.63, 3.8) is 0 Å². The highest BCUT2D eigenvalue weighted by Gasteiger charge is 2.15. The van der Waals surface area contributed by atoms with Crippen LogP contribution in [0.4, 0.5) is 4.39 Å². The molecule has 0 radical (unpaired) electrons. The summed E-state index contributed by atoms with van der Waals surface area (Å²) in [6.45, 7) is 4.14. The van der Waals surface area contributed by atoms with Crippen molar-refractivity contribution in [1.82, 2.24) is 10.9 Å². The highest BCUT2D eigenvalue weighted by Crippen LogP contribution is 2.24. The molecule has 0 bridgehead atoms. The van der Waals surface area contributed by atoms with Crippen molar-refractivity contribution >= 4 is 23.2 Å². The Hall–Kier alpha value is -2.21. The summed E-state index contributed by atoms with van der Waals surface area (Å²) in [7, 11) is 0. The zero-order valence-corrected chi connectivity index (χ0v) is 13.9. The van der Waals surface area contributed by atoms with Gasteiger partial charge in [-0.15, -0.1) is 11.3 Å². The zero-order chi connectivity index (χ0) is 16.8. The first-order valence-electron chi connectivity index (χ1n) is 7.53. The van der Waals surface area contributed by atoms with Gasteiger partial charge in [0, 0.05) is 4.88 Å². The normalized spacial score (nSPS) is 10.4. The van der Waals surface area contributed by atoms with E-state index in [1.165, 1.54) is 34.4 Å². The molecule has 0 saturated heterocycles. The topological polar surface area (TPSA) is 58.2 Å². The van der Waals surface area contributed by atoms with Crippen LogP contribution in [0.25, 0.3) is 0 Å². The molecule has 0 unspecified atom stereocenters. The van der Waals surface area contributed by atoms with Gasteiger partial charge < -0.3 is 0 Å². The van der Waals surface area contributed by atoms with Gasteiger partial charge in [0.1, 0.15) is 5.82 Å². The van der Waals surface area contributed by atoms with E-state index in [0.29, 0.717) is 4.88 Å². The minimum Gasteiger partial charge on any atom is -0.267 e. The van der Waals surface area contributed by atoms with Crippen LogP contribution in [0, 0.1) is 5.82 Å². The number of rotatable bonds is 5. The summed E-state index contributed by atoms with van der Waals surface area (Å²) >= 11 is 1.43. The van der Waals surface area contributed by atoms with Crippen molar-refractivity contribution in [2.45, 2.75) is 33.1 Å². The Morgan fingerprint density at radius 2 is 1.83 bits per heavy atom. The highest BCUT2D eigenvalue weighted by atomic mass is 32.1. The smallest absolute Gasteiger partial charge is 0.267 e. The Bertz CT molecular complexity index is 712. The number of benzene rings is 1. The van der Waals surface area contributed by atoms with Gasteiger partial charge in [-0.25, -0.2) is 4.39 Å². The second kappa shape index (κ2) is 7.87. The number of carbonyl (C=O) groups is 2. The molecule has 2 amide bonds. The quantitative estimate of drug-likeness (QED) is 0.823. The molecule has 2 N–H and O–H groups in total. The first-order valence-corrected chi connectivity index (χ1v) is 8.35. The maximum Gasteiger partial charge on any atom is 0.279 e. The van der Waals surface area contributed by atoms with Crippen LogP contribution >= 0.6 is 11.3 Å². The lowest BCUT2D eigenvalue weighted by Crippen LogP contribution is -2.41. The van der Waals surface area contributed by atoms with E-state index in [0.717, 1.165) is 24.8 Å². The van der Waals surface area contributed by atoms with E-state index in [9.17, 15) is 14.0 Å². The van der Waals surface area contributed by atoms with Gasteiger partial charge in [0.15, 0.2) is 0 Å². The van der Waals surface area contributed by atoms with Crippen LogP contribution in [0.2, 0.25) is 0 Å². The first kappa shape index (κ1) is 17.1. The van der Waals surface area contributed by atoms with E-state index >= 15 is 0 Å². The fourth-order valence-electron chi connectivity index (χ4n) is 2.20. The van der Waals surface area contributed by atoms with E-state index in [4.69, 9.17) is 0 Å². The van der Waals surface area contributed by atoms with Crippen molar-refractivity contribution in [1.29, 1.82) is 0 Å². The fourth-order valence-corrected chi connectivity index (χ4v) is 3.45. The van der Waals surface area contributed by atoms with Crippen LogP contribution in [0.15, 0.2) is 30.3 Å². The minimum absolute atomic E-state index is 0.111. The number of carbonyl (C=O) groups excluding carboxylic acids is 2. The molecule has 0 aliphatic carbocycles. The average molecular weight is 334 g/mol. The molecule has 122 valence electrons. The van der Waals surface area contributed by atoms with Crippen LogP contribution < -0.4 is 10.9 Å². The van der Waals surface area contributed by atoms with Crippen LogP contribution in [0.3, 0.4) is 0 Å². The van der Waals surface area contributed by atoms with Gasteiger partial charge in [-0.3, -0.25) is 20.4 Å². The van der Waals surface area contributed by atoms with Crippen molar-refractivity contribution in [2.24, 2.45) is 0 Å². The highest BCUT2D eigenvalue weighted by molar-refractivity contribution is 7.14. The largest absolute Gasteiger partial charge is 0.279 e. The van der Waals surface area contributed by atoms with Gasteiger partial charge >= 0.3 is 0 Å². The monoisotopic (exact) mass is 334 g/mol. The number of hydrazine groups is 1. The van der Waals surface area contributed by atoms with Crippen molar-refractivity contribution in [3.8, 4) is 0 Å². The third-order valence-corrected chi connectivity index (χ3v) is 4.62. The van der Waals surface area contributed by atoms with Crippen LogP contribution in [0.1, 0.15) is 50.7 Å². The molecule has 2 aromatic rings. The fraction of sp³-hybridized carbons (Fsp3) is 0.294. The first-order chi connectivity index (χ1) is 11.1. The van der Waals surface area contributed by atoms with Gasteiger partial charge in [-0.05, 0) is 36.6 Å². The summed E-state index contributed by atoms with van der Waals surface area (Å²) in [5, 5.41) is 0. The summed E-state index contributed by atoms with van der Waals surface area (Å²) < 4.78 is 13.5. The SMILES string of the molecule is CCCc1sc(C(=O)NNC(=O)c2ccccc2F)cc1CC. The molecule has 23 heavy (non-hydrogen) atoms. The molecule has 0 fully saturated rings. The van der Waals surface area contributed by atoms with Gasteiger partial charge in [0.05, 0.1) is 10.4 Å². The average Bonchev–Trinajstić information content (AvgIpc) is 2.96. The van der Waals surface area contributed by atoms with Crippen molar-refractivity contribution < 1.29 is 14.0 Å². The van der Waals surface area contributed by atoms with Gasteiger partial charge in [-0.2, -0.15) is 0 Å². The third-order valence-electron chi connectivity index (χ3n) is 3.39. The van der Waals surface area contributed by atoms with Crippen LogP contribution in [0.5, 0.6) is 0 Å². The summed E-state index contributed by atoms with van der Waals surface area (Å²) in [5.41, 5.74) is 5.63.